The van der Waals surface area contributed by atoms with Crippen molar-refractivity contribution in [2.24, 2.45) is 0 Å². The van der Waals surface area contributed by atoms with Crippen molar-refractivity contribution in [2.45, 2.75) is 12.7 Å². The number of rotatable bonds is 5. The second-order valence-corrected chi connectivity index (χ2v) is 4.68. The van der Waals surface area contributed by atoms with E-state index in [-0.39, 0.29) is 13.1 Å². The van der Waals surface area contributed by atoms with Crippen LogP contribution in [-0.4, -0.2) is 36.9 Å². The number of halogens is 3. The maximum Gasteiger partial charge on any atom is 0.350 e. The molecule has 0 bridgehead atoms. The van der Waals surface area contributed by atoms with Crippen LogP contribution in [0.5, 0.6) is 0 Å². The standard InChI is InChI=1S/C5H10BrF2NO2S/c1-2-9(4-3-6)12(10,11)5(7)8/h5H,2-4H2,1H3. The molecule has 0 amide bonds. The molecule has 3 nitrogen and oxygen atoms in total. The highest BCUT2D eigenvalue weighted by molar-refractivity contribution is 9.09. The first-order chi connectivity index (χ1) is 5.46. The predicted octanol–water partition coefficient (Wildman–Crippen LogP) is 1.26. The van der Waals surface area contributed by atoms with Crippen LogP contribution in [0, 0.1) is 0 Å². The fourth-order valence-electron chi connectivity index (χ4n) is 0.672. The van der Waals surface area contributed by atoms with Crippen LogP contribution in [0.2, 0.25) is 0 Å². The van der Waals surface area contributed by atoms with E-state index in [1.165, 1.54) is 6.92 Å². The fraction of sp³-hybridized carbons (Fsp3) is 1.00. The lowest BCUT2D eigenvalue weighted by molar-refractivity contribution is 0.220. The molecule has 0 aliphatic rings. The number of alkyl halides is 3. The molecule has 0 aliphatic heterocycles. The summed E-state index contributed by atoms with van der Waals surface area (Å²) in [5.74, 6) is -3.32. The van der Waals surface area contributed by atoms with Crippen LogP contribution >= 0.6 is 15.9 Å². The van der Waals surface area contributed by atoms with E-state index >= 15 is 0 Å². The third-order valence-electron chi connectivity index (χ3n) is 1.27. The normalized spacial score (nSPS) is 12.8. The summed E-state index contributed by atoms with van der Waals surface area (Å²) in [4.78, 5) is 0. The SMILES string of the molecule is CCN(CCBr)S(=O)(=O)C(F)F. The van der Waals surface area contributed by atoms with Gasteiger partial charge in [-0.05, 0) is 0 Å². The highest BCUT2D eigenvalue weighted by Crippen LogP contribution is 2.11. The first-order valence-corrected chi connectivity index (χ1v) is 5.92. The zero-order valence-electron chi connectivity index (χ0n) is 6.50. The van der Waals surface area contributed by atoms with Gasteiger partial charge < -0.3 is 0 Å². The second-order valence-electron chi connectivity index (χ2n) is 1.99. The van der Waals surface area contributed by atoms with E-state index in [4.69, 9.17) is 0 Å². The molecule has 7 heteroatoms. The van der Waals surface area contributed by atoms with E-state index in [0.29, 0.717) is 5.33 Å². The van der Waals surface area contributed by atoms with Crippen molar-refractivity contribution in [1.29, 1.82) is 0 Å². The third-order valence-corrected chi connectivity index (χ3v) is 3.24. The summed E-state index contributed by atoms with van der Waals surface area (Å²) in [6.45, 7) is 1.66. The molecule has 0 saturated heterocycles. The van der Waals surface area contributed by atoms with Crippen LogP contribution in [0.15, 0.2) is 0 Å². The van der Waals surface area contributed by atoms with Gasteiger partial charge in [-0.2, -0.15) is 13.1 Å². The van der Waals surface area contributed by atoms with Crippen molar-refractivity contribution in [3.63, 3.8) is 0 Å². The molecule has 0 N–H and O–H groups in total. The van der Waals surface area contributed by atoms with Gasteiger partial charge in [-0.25, -0.2) is 8.42 Å². The van der Waals surface area contributed by atoms with Crippen LogP contribution in [0.4, 0.5) is 8.78 Å². The summed E-state index contributed by atoms with van der Waals surface area (Å²) >= 11 is 2.98. The quantitative estimate of drug-likeness (QED) is 0.702. The molecule has 0 atom stereocenters. The maximum atomic E-state index is 11.9. The molecular formula is C5H10BrF2NO2S. The smallest absolute Gasteiger partial charge is 0.206 e. The maximum absolute atomic E-state index is 11.9. The molecule has 0 aromatic rings. The van der Waals surface area contributed by atoms with Gasteiger partial charge in [0, 0.05) is 18.4 Å². The van der Waals surface area contributed by atoms with Gasteiger partial charge in [0.15, 0.2) is 0 Å². The first-order valence-electron chi connectivity index (χ1n) is 3.29. The zero-order valence-corrected chi connectivity index (χ0v) is 8.91. The van der Waals surface area contributed by atoms with Crippen LogP contribution in [0.1, 0.15) is 6.92 Å². The van der Waals surface area contributed by atoms with Gasteiger partial charge in [0.2, 0.25) is 0 Å². The minimum atomic E-state index is -4.38. The molecule has 0 aromatic carbocycles. The van der Waals surface area contributed by atoms with Gasteiger partial charge in [0.05, 0.1) is 0 Å². The highest BCUT2D eigenvalue weighted by atomic mass is 79.9. The summed E-state index contributed by atoms with van der Waals surface area (Å²) in [5.41, 5.74) is 0. The number of nitrogens with zero attached hydrogens (tertiary/aromatic N) is 1. The molecular weight excluding hydrogens is 256 g/mol. The minimum Gasteiger partial charge on any atom is -0.206 e. The summed E-state index contributed by atoms with van der Waals surface area (Å²) in [6.07, 6.45) is 0. The molecule has 0 aromatic heterocycles. The molecule has 0 fully saturated rings. The van der Waals surface area contributed by atoms with Gasteiger partial charge >= 0.3 is 5.76 Å². The molecule has 0 radical (unpaired) electrons. The van der Waals surface area contributed by atoms with E-state index in [1.54, 1.807) is 0 Å². The Kier molecular flexibility index (Phi) is 5.19. The molecule has 0 saturated carbocycles. The van der Waals surface area contributed by atoms with Crippen LogP contribution in [0.3, 0.4) is 0 Å². The molecule has 12 heavy (non-hydrogen) atoms. The fourth-order valence-corrected chi connectivity index (χ4v) is 2.27. The molecule has 0 unspecified atom stereocenters. The van der Waals surface area contributed by atoms with E-state index < -0.39 is 15.8 Å². The van der Waals surface area contributed by atoms with E-state index in [2.05, 4.69) is 15.9 Å². The Bertz CT molecular complexity index is 219. The Morgan fingerprint density at radius 2 is 2.00 bits per heavy atom. The summed E-state index contributed by atoms with van der Waals surface area (Å²) in [5, 5.41) is 0.354. The second kappa shape index (κ2) is 5.08. The number of hydrogen-bond acceptors (Lipinski definition) is 2. The monoisotopic (exact) mass is 265 g/mol. The molecule has 74 valence electrons. The lowest BCUT2D eigenvalue weighted by Crippen LogP contribution is -2.36. The Morgan fingerprint density at radius 1 is 1.50 bits per heavy atom. The van der Waals surface area contributed by atoms with Gasteiger partial charge in [0.25, 0.3) is 10.0 Å². The summed E-state index contributed by atoms with van der Waals surface area (Å²) in [6, 6.07) is 0. The Hall–Kier alpha value is 0.250. The average Bonchev–Trinajstić information content (AvgIpc) is 1.99. The van der Waals surface area contributed by atoms with Crippen LogP contribution in [0.25, 0.3) is 0 Å². The Morgan fingerprint density at radius 3 is 2.25 bits per heavy atom. The van der Waals surface area contributed by atoms with Crippen molar-refractivity contribution < 1.29 is 17.2 Å². The van der Waals surface area contributed by atoms with Crippen molar-refractivity contribution in [3.05, 3.63) is 0 Å². The van der Waals surface area contributed by atoms with Crippen molar-refractivity contribution in [3.8, 4) is 0 Å². The summed E-state index contributed by atoms with van der Waals surface area (Å²) in [7, 11) is -4.38. The minimum absolute atomic E-state index is 0.0677. The van der Waals surface area contributed by atoms with Crippen LogP contribution < -0.4 is 0 Å². The third kappa shape index (κ3) is 2.95. The van der Waals surface area contributed by atoms with Crippen LogP contribution in [-0.2, 0) is 10.0 Å². The van der Waals surface area contributed by atoms with Crippen molar-refractivity contribution in [1.82, 2.24) is 4.31 Å². The van der Waals surface area contributed by atoms with Gasteiger partial charge in [-0.3, -0.25) is 0 Å². The van der Waals surface area contributed by atoms with Crippen molar-refractivity contribution >= 4 is 26.0 Å². The number of sulfonamides is 1. The topological polar surface area (TPSA) is 37.4 Å². The molecule has 0 rings (SSSR count). The van der Waals surface area contributed by atoms with E-state index in [1.807, 2.05) is 0 Å². The van der Waals surface area contributed by atoms with Gasteiger partial charge in [-0.1, -0.05) is 22.9 Å². The zero-order chi connectivity index (χ0) is 9.78. The lowest BCUT2D eigenvalue weighted by atomic mass is 10.7. The van der Waals surface area contributed by atoms with E-state index in [9.17, 15) is 17.2 Å². The summed E-state index contributed by atoms with van der Waals surface area (Å²) < 4.78 is 46.2. The molecule has 0 heterocycles. The Balaban J connectivity index is 4.49. The largest absolute Gasteiger partial charge is 0.350 e. The predicted molar refractivity (Wildman–Crippen MR) is 46.0 cm³/mol. The van der Waals surface area contributed by atoms with E-state index in [0.717, 1.165) is 4.31 Å². The lowest BCUT2D eigenvalue weighted by Gasteiger charge is -2.17. The highest BCUT2D eigenvalue weighted by Gasteiger charge is 2.30. The first kappa shape index (κ1) is 12.2. The number of hydrogen-bond donors (Lipinski definition) is 0. The average molecular weight is 266 g/mol. The molecule has 0 spiro atoms. The Labute approximate surface area is 78.9 Å². The van der Waals surface area contributed by atoms with Gasteiger partial charge in [0.1, 0.15) is 0 Å². The molecule has 0 aliphatic carbocycles. The van der Waals surface area contributed by atoms with Gasteiger partial charge in [-0.15, -0.1) is 0 Å². The van der Waals surface area contributed by atoms with Crippen molar-refractivity contribution in [2.75, 3.05) is 18.4 Å².